The SMILES string of the molecule is COc1ccc(F)cc1C(=O)/C=C/c1cnc2ccccc2c1. The van der Waals surface area contributed by atoms with Crippen molar-refractivity contribution in [1.82, 2.24) is 4.98 Å². The lowest BCUT2D eigenvalue weighted by atomic mass is 10.1. The predicted octanol–water partition coefficient (Wildman–Crippen LogP) is 4.28. The predicted molar refractivity (Wildman–Crippen MR) is 88.1 cm³/mol. The van der Waals surface area contributed by atoms with E-state index in [4.69, 9.17) is 4.74 Å². The van der Waals surface area contributed by atoms with E-state index in [1.54, 1.807) is 12.3 Å². The Hall–Kier alpha value is -3.01. The Labute approximate surface area is 133 Å². The van der Waals surface area contributed by atoms with Crippen molar-refractivity contribution < 1.29 is 13.9 Å². The minimum Gasteiger partial charge on any atom is -0.496 e. The van der Waals surface area contributed by atoms with Crippen molar-refractivity contribution in [1.29, 1.82) is 0 Å². The number of halogens is 1. The maximum Gasteiger partial charge on any atom is 0.189 e. The summed E-state index contributed by atoms with van der Waals surface area (Å²) in [5, 5.41) is 0.991. The van der Waals surface area contributed by atoms with Gasteiger partial charge < -0.3 is 4.74 Å². The van der Waals surface area contributed by atoms with Gasteiger partial charge in [-0.15, -0.1) is 0 Å². The van der Waals surface area contributed by atoms with Gasteiger partial charge in [0.05, 0.1) is 18.2 Å². The Morgan fingerprint density at radius 2 is 2.00 bits per heavy atom. The molecule has 0 spiro atoms. The lowest BCUT2D eigenvalue weighted by Gasteiger charge is -2.05. The molecule has 1 aromatic heterocycles. The van der Waals surface area contributed by atoms with E-state index in [-0.39, 0.29) is 11.3 Å². The number of nitrogens with zero attached hydrogens (tertiary/aromatic N) is 1. The van der Waals surface area contributed by atoms with E-state index in [2.05, 4.69) is 4.98 Å². The van der Waals surface area contributed by atoms with E-state index >= 15 is 0 Å². The highest BCUT2D eigenvalue weighted by Crippen LogP contribution is 2.21. The summed E-state index contributed by atoms with van der Waals surface area (Å²) in [5.74, 6) is -0.456. The molecule has 2 aromatic carbocycles. The first-order valence-electron chi connectivity index (χ1n) is 7.08. The summed E-state index contributed by atoms with van der Waals surface area (Å²) < 4.78 is 18.4. The number of ether oxygens (including phenoxy) is 1. The summed E-state index contributed by atoms with van der Waals surface area (Å²) >= 11 is 0. The van der Waals surface area contributed by atoms with Gasteiger partial charge in [-0.25, -0.2) is 4.39 Å². The number of aromatic nitrogens is 1. The molecule has 0 fully saturated rings. The first-order valence-corrected chi connectivity index (χ1v) is 7.08. The third-order valence-electron chi connectivity index (χ3n) is 3.47. The van der Waals surface area contributed by atoms with Gasteiger partial charge in [-0.1, -0.05) is 18.2 Å². The van der Waals surface area contributed by atoms with Crippen LogP contribution in [0.3, 0.4) is 0 Å². The van der Waals surface area contributed by atoms with Crippen molar-refractivity contribution in [2.24, 2.45) is 0 Å². The highest BCUT2D eigenvalue weighted by molar-refractivity contribution is 6.08. The van der Waals surface area contributed by atoms with Gasteiger partial charge >= 0.3 is 0 Å². The summed E-state index contributed by atoms with van der Waals surface area (Å²) in [6, 6.07) is 13.5. The molecular weight excluding hydrogens is 293 g/mol. The third kappa shape index (κ3) is 3.26. The van der Waals surface area contributed by atoms with Gasteiger partial charge in [0, 0.05) is 11.6 Å². The van der Waals surface area contributed by atoms with Gasteiger partial charge in [0.2, 0.25) is 0 Å². The van der Waals surface area contributed by atoms with Crippen LogP contribution in [-0.4, -0.2) is 17.9 Å². The number of methoxy groups -OCH3 is 1. The molecule has 4 heteroatoms. The summed E-state index contributed by atoms with van der Waals surface area (Å²) in [6.07, 6.45) is 4.74. The van der Waals surface area contributed by atoms with E-state index in [1.807, 2.05) is 30.3 Å². The van der Waals surface area contributed by atoms with Gasteiger partial charge in [-0.3, -0.25) is 9.78 Å². The molecule has 3 nitrogen and oxygen atoms in total. The Morgan fingerprint density at radius 1 is 1.17 bits per heavy atom. The largest absolute Gasteiger partial charge is 0.496 e. The van der Waals surface area contributed by atoms with Crippen molar-refractivity contribution in [3.8, 4) is 5.75 Å². The van der Waals surface area contributed by atoms with Crippen molar-refractivity contribution in [3.05, 3.63) is 77.7 Å². The molecule has 0 N–H and O–H groups in total. The van der Waals surface area contributed by atoms with Crippen molar-refractivity contribution in [2.75, 3.05) is 7.11 Å². The highest BCUT2D eigenvalue weighted by atomic mass is 19.1. The molecule has 0 unspecified atom stereocenters. The topological polar surface area (TPSA) is 39.2 Å². The summed E-state index contributed by atoms with van der Waals surface area (Å²) in [5.41, 5.74) is 1.88. The quantitative estimate of drug-likeness (QED) is 0.533. The van der Waals surface area contributed by atoms with Crippen LogP contribution in [0.25, 0.3) is 17.0 Å². The molecule has 0 aliphatic carbocycles. The number of ketones is 1. The molecule has 114 valence electrons. The molecule has 3 rings (SSSR count). The maximum atomic E-state index is 13.3. The van der Waals surface area contributed by atoms with Crippen LogP contribution in [0.1, 0.15) is 15.9 Å². The van der Waals surface area contributed by atoms with Crippen LogP contribution in [0.4, 0.5) is 4.39 Å². The van der Waals surface area contributed by atoms with Gasteiger partial charge in [-0.05, 0) is 48.0 Å². The fraction of sp³-hybridized carbons (Fsp3) is 0.0526. The van der Waals surface area contributed by atoms with Crippen molar-refractivity contribution in [2.45, 2.75) is 0 Å². The molecule has 0 aliphatic rings. The van der Waals surface area contributed by atoms with E-state index < -0.39 is 5.82 Å². The van der Waals surface area contributed by atoms with Crippen molar-refractivity contribution >= 4 is 22.8 Å². The number of rotatable bonds is 4. The molecule has 3 aromatic rings. The molecule has 0 saturated carbocycles. The number of fused-ring (bicyclic) bond motifs is 1. The second-order valence-electron chi connectivity index (χ2n) is 5.00. The van der Waals surface area contributed by atoms with Crippen LogP contribution in [-0.2, 0) is 0 Å². The number of carbonyl (C=O) groups is 1. The van der Waals surface area contributed by atoms with Crippen LogP contribution in [0.5, 0.6) is 5.75 Å². The monoisotopic (exact) mass is 307 g/mol. The van der Waals surface area contributed by atoms with Gasteiger partial charge in [0.25, 0.3) is 0 Å². The average Bonchev–Trinajstić information content (AvgIpc) is 2.59. The van der Waals surface area contributed by atoms with E-state index in [9.17, 15) is 9.18 Å². The standard InChI is InChI=1S/C19H14FNO2/c1-23-19-9-7-15(20)11-16(19)18(22)8-6-13-10-14-4-2-3-5-17(14)21-12-13/h2-12H,1H3/b8-6+. The number of pyridine rings is 1. The minimum atomic E-state index is -0.477. The molecule has 23 heavy (non-hydrogen) atoms. The van der Waals surface area contributed by atoms with E-state index in [1.165, 1.54) is 31.4 Å². The zero-order chi connectivity index (χ0) is 16.2. The average molecular weight is 307 g/mol. The van der Waals surface area contributed by atoms with Crippen LogP contribution in [0, 0.1) is 5.82 Å². The fourth-order valence-corrected chi connectivity index (χ4v) is 2.31. The first kappa shape index (κ1) is 14.9. The van der Waals surface area contributed by atoms with Crippen LogP contribution in [0.2, 0.25) is 0 Å². The van der Waals surface area contributed by atoms with E-state index in [0.29, 0.717) is 5.75 Å². The normalized spacial score (nSPS) is 11.0. The lowest BCUT2D eigenvalue weighted by Crippen LogP contribution is -1.99. The second-order valence-corrected chi connectivity index (χ2v) is 5.00. The van der Waals surface area contributed by atoms with Gasteiger partial charge in [0.15, 0.2) is 5.78 Å². The number of para-hydroxylation sites is 1. The molecule has 0 amide bonds. The molecule has 0 bridgehead atoms. The van der Waals surface area contributed by atoms with E-state index in [0.717, 1.165) is 16.5 Å². The molecule has 0 radical (unpaired) electrons. The van der Waals surface area contributed by atoms with Crippen LogP contribution in [0.15, 0.2) is 60.8 Å². The highest BCUT2D eigenvalue weighted by Gasteiger charge is 2.10. The third-order valence-corrected chi connectivity index (χ3v) is 3.47. The Bertz CT molecular complexity index is 903. The Morgan fingerprint density at radius 3 is 2.83 bits per heavy atom. The summed E-state index contributed by atoms with van der Waals surface area (Å²) in [4.78, 5) is 16.6. The number of hydrogen-bond donors (Lipinski definition) is 0. The van der Waals surface area contributed by atoms with Gasteiger partial charge in [-0.2, -0.15) is 0 Å². The summed E-state index contributed by atoms with van der Waals surface area (Å²) in [7, 11) is 1.45. The molecule has 0 atom stereocenters. The lowest BCUT2D eigenvalue weighted by molar-refractivity contribution is 0.104. The van der Waals surface area contributed by atoms with Crippen LogP contribution >= 0.6 is 0 Å². The van der Waals surface area contributed by atoms with Crippen LogP contribution < -0.4 is 4.74 Å². The summed E-state index contributed by atoms with van der Waals surface area (Å²) in [6.45, 7) is 0. The zero-order valence-electron chi connectivity index (χ0n) is 12.5. The second kappa shape index (κ2) is 6.40. The first-order chi connectivity index (χ1) is 11.2. The fourth-order valence-electron chi connectivity index (χ4n) is 2.31. The zero-order valence-corrected chi connectivity index (χ0v) is 12.5. The van der Waals surface area contributed by atoms with Gasteiger partial charge in [0.1, 0.15) is 11.6 Å². The Balaban J connectivity index is 1.89. The number of benzene rings is 2. The number of hydrogen-bond acceptors (Lipinski definition) is 3. The maximum absolute atomic E-state index is 13.3. The Kier molecular flexibility index (Phi) is 4.15. The molecular formula is C19H14FNO2. The van der Waals surface area contributed by atoms with Crippen molar-refractivity contribution in [3.63, 3.8) is 0 Å². The minimum absolute atomic E-state index is 0.192. The number of carbonyl (C=O) groups excluding carboxylic acids is 1. The molecule has 0 saturated heterocycles. The smallest absolute Gasteiger partial charge is 0.189 e. The molecule has 1 heterocycles. The number of allylic oxidation sites excluding steroid dienone is 1. The molecule has 0 aliphatic heterocycles.